The number of aliphatic hydroxyl groups is 1. The van der Waals surface area contributed by atoms with Crippen LogP contribution in [0.1, 0.15) is 23.1 Å². The van der Waals surface area contributed by atoms with E-state index >= 15 is 0 Å². The van der Waals surface area contributed by atoms with Crippen LogP contribution in [-0.2, 0) is 16.0 Å². The molecule has 0 spiro atoms. The van der Waals surface area contributed by atoms with E-state index in [9.17, 15) is 9.90 Å². The molecule has 1 atom stereocenters. The van der Waals surface area contributed by atoms with Crippen molar-refractivity contribution >= 4 is 5.97 Å². The number of rotatable bonds is 7. The van der Waals surface area contributed by atoms with Crippen LogP contribution in [0.4, 0.5) is 0 Å². The number of aryl methyl sites for hydroxylation is 2. The highest BCUT2D eigenvalue weighted by atomic mass is 16.5. The predicted molar refractivity (Wildman–Crippen MR) is 75.1 cm³/mol. The average molecular weight is 265 g/mol. The van der Waals surface area contributed by atoms with Gasteiger partial charge in [0.05, 0.1) is 19.6 Å². The zero-order valence-corrected chi connectivity index (χ0v) is 11.9. The van der Waals surface area contributed by atoms with Crippen LogP contribution in [0.2, 0.25) is 0 Å². The molecule has 106 valence electrons. The van der Waals surface area contributed by atoms with E-state index in [4.69, 9.17) is 0 Å². The van der Waals surface area contributed by atoms with Gasteiger partial charge in [0.25, 0.3) is 0 Å². The van der Waals surface area contributed by atoms with Gasteiger partial charge in [-0.2, -0.15) is 0 Å². The van der Waals surface area contributed by atoms with Crippen LogP contribution in [-0.4, -0.2) is 37.4 Å². The minimum atomic E-state index is -0.689. The summed E-state index contributed by atoms with van der Waals surface area (Å²) in [7, 11) is 1.32. The van der Waals surface area contributed by atoms with E-state index in [0.717, 1.165) is 13.0 Å². The summed E-state index contributed by atoms with van der Waals surface area (Å²) in [5, 5.41) is 12.7. The van der Waals surface area contributed by atoms with E-state index in [2.05, 4.69) is 42.1 Å². The Labute approximate surface area is 114 Å². The van der Waals surface area contributed by atoms with Crippen LogP contribution in [0.5, 0.6) is 0 Å². The lowest BCUT2D eigenvalue weighted by atomic mass is 10.0. The quantitative estimate of drug-likeness (QED) is 0.577. The molecule has 0 amide bonds. The molecule has 1 unspecified atom stereocenters. The van der Waals surface area contributed by atoms with E-state index in [0.29, 0.717) is 6.54 Å². The van der Waals surface area contributed by atoms with Crippen LogP contribution in [0.3, 0.4) is 0 Å². The second kappa shape index (κ2) is 7.92. The van der Waals surface area contributed by atoms with E-state index in [1.807, 2.05) is 0 Å². The minimum Gasteiger partial charge on any atom is -0.469 e. The molecular weight excluding hydrogens is 242 g/mol. The predicted octanol–water partition coefficient (Wildman–Crippen LogP) is 1.36. The summed E-state index contributed by atoms with van der Waals surface area (Å²) < 4.78 is 4.50. The molecule has 0 radical (unpaired) electrons. The average Bonchev–Trinajstić information content (AvgIpc) is 2.38. The smallest absolute Gasteiger partial charge is 0.308 e. The van der Waals surface area contributed by atoms with Crippen molar-refractivity contribution in [3.63, 3.8) is 0 Å². The molecule has 0 aliphatic rings. The first kappa shape index (κ1) is 15.7. The normalized spacial score (nSPS) is 12.2. The Morgan fingerprint density at radius 2 is 2.16 bits per heavy atom. The highest BCUT2D eigenvalue weighted by Crippen LogP contribution is 2.10. The number of ether oxygens (including phenoxy) is 1. The molecule has 0 saturated carbocycles. The molecule has 4 heteroatoms. The molecular formula is C15H23NO3. The van der Waals surface area contributed by atoms with Gasteiger partial charge >= 0.3 is 5.97 Å². The summed E-state index contributed by atoms with van der Waals surface area (Å²) in [4.78, 5) is 10.9. The van der Waals surface area contributed by atoms with Crippen LogP contribution in [0.25, 0.3) is 0 Å². The zero-order chi connectivity index (χ0) is 14.3. The van der Waals surface area contributed by atoms with Gasteiger partial charge < -0.3 is 15.2 Å². The number of nitrogens with one attached hydrogen (secondary N) is 1. The second-order valence-corrected chi connectivity index (χ2v) is 4.82. The lowest BCUT2D eigenvalue weighted by Gasteiger charge is -2.11. The Hall–Kier alpha value is -1.39. The Morgan fingerprint density at radius 3 is 2.84 bits per heavy atom. The minimum absolute atomic E-state index is 0.0347. The van der Waals surface area contributed by atoms with E-state index in [1.165, 1.54) is 23.8 Å². The number of hydrogen-bond donors (Lipinski definition) is 2. The van der Waals surface area contributed by atoms with Crippen molar-refractivity contribution in [1.82, 2.24) is 5.32 Å². The van der Waals surface area contributed by atoms with Gasteiger partial charge in [-0.25, -0.2) is 0 Å². The molecule has 0 bridgehead atoms. The van der Waals surface area contributed by atoms with Crippen LogP contribution < -0.4 is 5.32 Å². The lowest BCUT2D eigenvalue weighted by Crippen LogP contribution is -2.30. The topological polar surface area (TPSA) is 58.6 Å². The van der Waals surface area contributed by atoms with E-state index in [-0.39, 0.29) is 12.4 Å². The Bertz CT molecular complexity index is 418. The summed E-state index contributed by atoms with van der Waals surface area (Å²) >= 11 is 0. The fourth-order valence-corrected chi connectivity index (χ4v) is 1.91. The van der Waals surface area contributed by atoms with Gasteiger partial charge in [0.1, 0.15) is 0 Å². The number of methoxy groups -OCH3 is 1. The zero-order valence-electron chi connectivity index (χ0n) is 11.9. The number of hydrogen-bond acceptors (Lipinski definition) is 4. The molecule has 4 nitrogen and oxygen atoms in total. The first-order chi connectivity index (χ1) is 9.02. The van der Waals surface area contributed by atoms with Crippen molar-refractivity contribution in [3.8, 4) is 0 Å². The maximum atomic E-state index is 10.9. The van der Waals surface area contributed by atoms with Crippen molar-refractivity contribution in [2.75, 3.05) is 20.2 Å². The van der Waals surface area contributed by atoms with E-state index in [1.54, 1.807) is 0 Å². The molecule has 1 aromatic carbocycles. The van der Waals surface area contributed by atoms with Crippen molar-refractivity contribution in [3.05, 3.63) is 34.9 Å². The molecule has 0 aliphatic heterocycles. The number of esters is 1. The molecule has 0 aliphatic carbocycles. The van der Waals surface area contributed by atoms with Gasteiger partial charge in [-0.3, -0.25) is 4.79 Å². The van der Waals surface area contributed by atoms with Crippen LogP contribution >= 0.6 is 0 Å². The molecule has 0 heterocycles. The largest absolute Gasteiger partial charge is 0.469 e. The number of carbonyl (C=O) groups is 1. The van der Waals surface area contributed by atoms with Crippen molar-refractivity contribution in [2.24, 2.45) is 0 Å². The van der Waals surface area contributed by atoms with E-state index < -0.39 is 6.10 Å². The maximum absolute atomic E-state index is 10.9. The van der Waals surface area contributed by atoms with Crippen LogP contribution in [0, 0.1) is 13.8 Å². The van der Waals surface area contributed by atoms with Gasteiger partial charge in [0.15, 0.2) is 0 Å². The molecule has 1 aromatic rings. The third-order valence-corrected chi connectivity index (χ3v) is 3.09. The highest BCUT2D eigenvalue weighted by Gasteiger charge is 2.10. The van der Waals surface area contributed by atoms with Gasteiger partial charge in [-0.05, 0) is 37.9 Å². The first-order valence-electron chi connectivity index (χ1n) is 6.54. The molecule has 1 rings (SSSR count). The molecule has 0 saturated heterocycles. The fraction of sp³-hybridized carbons (Fsp3) is 0.533. The van der Waals surface area contributed by atoms with Crippen molar-refractivity contribution in [2.45, 2.75) is 32.8 Å². The summed E-state index contributed by atoms with van der Waals surface area (Å²) in [5.74, 6) is -0.385. The van der Waals surface area contributed by atoms with Crippen molar-refractivity contribution < 1.29 is 14.6 Å². The second-order valence-electron chi connectivity index (χ2n) is 4.82. The number of aliphatic hydroxyl groups excluding tert-OH is 1. The Balaban J connectivity index is 2.27. The monoisotopic (exact) mass is 265 g/mol. The van der Waals surface area contributed by atoms with Gasteiger partial charge in [-0.15, -0.1) is 0 Å². The summed E-state index contributed by atoms with van der Waals surface area (Å²) in [6, 6.07) is 6.41. The van der Waals surface area contributed by atoms with Gasteiger partial charge in [0, 0.05) is 6.54 Å². The van der Waals surface area contributed by atoms with Gasteiger partial charge in [0.2, 0.25) is 0 Å². The SMILES string of the molecule is COC(=O)CC(O)CNCCc1cc(C)ccc1C. The Kier molecular flexibility index (Phi) is 6.53. The Morgan fingerprint density at radius 1 is 1.42 bits per heavy atom. The first-order valence-corrected chi connectivity index (χ1v) is 6.54. The number of benzene rings is 1. The third-order valence-electron chi connectivity index (χ3n) is 3.09. The molecule has 0 aromatic heterocycles. The number of carbonyl (C=O) groups excluding carboxylic acids is 1. The fourth-order valence-electron chi connectivity index (χ4n) is 1.91. The molecule has 2 N–H and O–H groups in total. The standard InChI is InChI=1S/C15H23NO3/c1-11-4-5-12(2)13(8-11)6-7-16-10-14(17)9-15(18)19-3/h4-5,8,14,16-17H,6-7,9-10H2,1-3H3. The highest BCUT2D eigenvalue weighted by molar-refractivity contribution is 5.69. The summed E-state index contributed by atoms with van der Waals surface area (Å²) in [6.45, 7) is 5.36. The lowest BCUT2D eigenvalue weighted by molar-refractivity contribution is -0.142. The summed E-state index contributed by atoms with van der Waals surface area (Å²) in [6.07, 6.45) is 0.261. The third kappa shape index (κ3) is 5.85. The maximum Gasteiger partial charge on any atom is 0.308 e. The summed E-state index contributed by atoms with van der Waals surface area (Å²) in [5.41, 5.74) is 3.85. The van der Waals surface area contributed by atoms with Crippen LogP contribution in [0.15, 0.2) is 18.2 Å². The van der Waals surface area contributed by atoms with Crippen molar-refractivity contribution in [1.29, 1.82) is 0 Å². The van der Waals surface area contributed by atoms with Gasteiger partial charge in [-0.1, -0.05) is 23.8 Å². The molecule has 19 heavy (non-hydrogen) atoms. The molecule has 0 fully saturated rings.